The molecule has 0 aliphatic heterocycles. The summed E-state index contributed by atoms with van der Waals surface area (Å²) in [5.41, 5.74) is 1.10. The highest BCUT2D eigenvalue weighted by Gasteiger charge is 2.12. The zero-order valence-corrected chi connectivity index (χ0v) is 10.1. The van der Waals surface area contributed by atoms with Gasteiger partial charge in [0.1, 0.15) is 11.6 Å². The molecule has 0 radical (unpaired) electrons. The van der Waals surface area contributed by atoms with E-state index in [0.29, 0.717) is 0 Å². The zero-order valence-electron chi connectivity index (χ0n) is 10.1. The van der Waals surface area contributed by atoms with Crippen LogP contribution in [0.25, 0.3) is 0 Å². The van der Waals surface area contributed by atoms with Gasteiger partial charge in [0, 0.05) is 6.04 Å². The Balaban J connectivity index is 2.04. The van der Waals surface area contributed by atoms with Crippen molar-refractivity contribution in [3.8, 4) is 0 Å². The van der Waals surface area contributed by atoms with Crippen LogP contribution in [-0.2, 0) is 6.54 Å². The third-order valence-corrected chi connectivity index (χ3v) is 3.00. The van der Waals surface area contributed by atoms with E-state index in [1.165, 1.54) is 12.1 Å². The largest absolute Gasteiger partial charge is 0.468 e. The molecular weight excluding hydrogens is 217 g/mol. The van der Waals surface area contributed by atoms with Crippen molar-refractivity contribution in [1.29, 1.82) is 0 Å². The van der Waals surface area contributed by atoms with Crippen LogP contribution < -0.4 is 0 Å². The second-order valence-corrected chi connectivity index (χ2v) is 4.22. The highest BCUT2D eigenvalue weighted by atomic mass is 19.1. The number of furan rings is 1. The van der Waals surface area contributed by atoms with Crippen molar-refractivity contribution in [2.24, 2.45) is 0 Å². The van der Waals surface area contributed by atoms with E-state index in [1.54, 1.807) is 6.26 Å². The van der Waals surface area contributed by atoms with Crippen molar-refractivity contribution in [3.63, 3.8) is 0 Å². The van der Waals surface area contributed by atoms with Gasteiger partial charge in [0.05, 0.1) is 12.8 Å². The molecule has 1 atom stereocenters. The van der Waals surface area contributed by atoms with E-state index in [0.717, 1.165) is 17.9 Å². The monoisotopic (exact) mass is 233 g/mol. The number of hydrogen-bond donors (Lipinski definition) is 0. The third-order valence-electron chi connectivity index (χ3n) is 3.00. The van der Waals surface area contributed by atoms with E-state index in [1.807, 2.05) is 31.3 Å². The normalized spacial score (nSPS) is 12.9. The molecule has 2 aromatic rings. The molecule has 0 aliphatic carbocycles. The van der Waals surface area contributed by atoms with Crippen LogP contribution in [0.2, 0.25) is 0 Å². The maximum atomic E-state index is 12.8. The van der Waals surface area contributed by atoms with Crippen LogP contribution in [0.5, 0.6) is 0 Å². The summed E-state index contributed by atoms with van der Waals surface area (Å²) in [6.07, 6.45) is 1.67. The Hall–Kier alpha value is -1.61. The van der Waals surface area contributed by atoms with Crippen LogP contribution in [0.4, 0.5) is 4.39 Å². The Kier molecular flexibility index (Phi) is 3.59. The number of rotatable bonds is 4. The number of nitrogens with zero attached hydrogens (tertiary/aromatic N) is 1. The third kappa shape index (κ3) is 2.94. The highest BCUT2D eigenvalue weighted by molar-refractivity contribution is 5.19. The number of hydrogen-bond acceptors (Lipinski definition) is 2. The maximum Gasteiger partial charge on any atom is 0.123 e. The average molecular weight is 233 g/mol. The van der Waals surface area contributed by atoms with Crippen LogP contribution in [0.15, 0.2) is 47.1 Å². The summed E-state index contributed by atoms with van der Waals surface area (Å²) in [5, 5.41) is 0. The molecule has 0 amide bonds. The molecule has 2 rings (SSSR count). The first-order valence-electron chi connectivity index (χ1n) is 5.65. The molecule has 0 spiro atoms. The molecule has 1 aromatic carbocycles. The van der Waals surface area contributed by atoms with Gasteiger partial charge in [-0.25, -0.2) is 4.39 Å². The van der Waals surface area contributed by atoms with Gasteiger partial charge in [-0.05, 0) is 43.8 Å². The summed E-state index contributed by atoms with van der Waals surface area (Å²) in [7, 11) is 2.02. The minimum Gasteiger partial charge on any atom is -0.468 e. The molecule has 0 saturated carbocycles. The van der Waals surface area contributed by atoms with Crippen molar-refractivity contribution >= 4 is 0 Å². The first-order chi connectivity index (χ1) is 8.16. The van der Waals surface area contributed by atoms with Gasteiger partial charge in [0.15, 0.2) is 0 Å². The lowest BCUT2D eigenvalue weighted by molar-refractivity contribution is 0.232. The maximum absolute atomic E-state index is 12.8. The van der Waals surface area contributed by atoms with Crippen molar-refractivity contribution < 1.29 is 8.81 Å². The summed E-state index contributed by atoms with van der Waals surface area (Å²) >= 11 is 0. The van der Waals surface area contributed by atoms with Crippen LogP contribution in [0, 0.1) is 5.82 Å². The van der Waals surface area contributed by atoms with Crippen LogP contribution in [-0.4, -0.2) is 11.9 Å². The summed E-state index contributed by atoms with van der Waals surface area (Å²) in [6.45, 7) is 2.84. The predicted octanol–water partition coefficient (Wildman–Crippen LogP) is 3.61. The fraction of sp³-hybridized carbons (Fsp3) is 0.286. The summed E-state index contributed by atoms with van der Waals surface area (Å²) in [4.78, 5) is 2.16. The van der Waals surface area contributed by atoms with Gasteiger partial charge in [-0.3, -0.25) is 4.90 Å². The van der Waals surface area contributed by atoms with E-state index in [9.17, 15) is 4.39 Å². The summed E-state index contributed by atoms with van der Waals surface area (Å²) < 4.78 is 18.1. The van der Waals surface area contributed by atoms with Gasteiger partial charge < -0.3 is 4.42 Å². The molecule has 1 heterocycles. The topological polar surface area (TPSA) is 16.4 Å². The first kappa shape index (κ1) is 11.9. The predicted molar refractivity (Wildman–Crippen MR) is 65.0 cm³/mol. The van der Waals surface area contributed by atoms with Gasteiger partial charge >= 0.3 is 0 Å². The molecule has 0 aliphatic rings. The molecular formula is C14H16FNO. The van der Waals surface area contributed by atoms with Crippen molar-refractivity contribution in [3.05, 3.63) is 59.8 Å². The Morgan fingerprint density at radius 3 is 2.53 bits per heavy atom. The molecule has 1 aromatic heterocycles. The fourth-order valence-electron chi connectivity index (χ4n) is 1.78. The average Bonchev–Trinajstić information content (AvgIpc) is 2.82. The quantitative estimate of drug-likeness (QED) is 0.802. The minimum atomic E-state index is -0.199. The Morgan fingerprint density at radius 2 is 1.94 bits per heavy atom. The smallest absolute Gasteiger partial charge is 0.123 e. The van der Waals surface area contributed by atoms with Crippen molar-refractivity contribution in [2.45, 2.75) is 19.5 Å². The molecule has 0 unspecified atom stereocenters. The molecule has 90 valence electrons. The van der Waals surface area contributed by atoms with Gasteiger partial charge in [-0.2, -0.15) is 0 Å². The lowest BCUT2D eigenvalue weighted by atomic mass is 10.1. The standard InChI is InChI=1S/C14H16FNO/c1-11(12-5-7-13(15)8-6-12)16(2)10-14-4-3-9-17-14/h3-9,11H,10H2,1-2H3/t11-/m1/s1. The Morgan fingerprint density at radius 1 is 1.24 bits per heavy atom. The SMILES string of the molecule is C[C@H](c1ccc(F)cc1)N(C)Cc1ccco1. The van der Waals surface area contributed by atoms with Crippen LogP contribution in [0.3, 0.4) is 0 Å². The fourth-order valence-corrected chi connectivity index (χ4v) is 1.78. The Labute approximate surface area is 101 Å². The van der Waals surface area contributed by atoms with E-state index < -0.39 is 0 Å². The van der Waals surface area contributed by atoms with Crippen LogP contribution in [0.1, 0.15) is 24.3 Å². The number of benzene rings is 1. The molecule has 0 saturated heterocycles. The molecule has 0 fully saturated rings. The summed E-state index contributed by atoms with van der Waals surface area (Å²) in [6, 6.07) is 10.7. The zero-order chi connectivity index (χ0) is 12.3. The van der Waals surface area contributed by atoms with Gasteiger partial charge in [0.25, 0.3) is 0 Å². The molecule has 0 N–H and O–H groups in total. The van der Waals surface area contributed by atoms with E-state index >= 15 is 0 Å². The summed E-state index contributed by atoms with van der Waals surface area (Å²) in [5.74, 6) is 0.732. The van der Waals surface area contributed by atoms with Gasteiger partial charge in [0.2, 0.25) is 0 Å². The van der Waals surface area contributed by atoms with Gasteiger partial charge in [-0.1, -0.05) is 12.1 Å². The Bertz CT molecular complexity index is 450. The van der Waals surface area contributed by atoms with Crippen molar-refractivity contribution in [1.82, 2.24) is 4.90 Å². The first-order valence-corrected chi connectivity index (χ1v) is 5.65. The minimum absolute atomic E-state index is 0.199. The second-order valence-electron chi connectivity index (χ2n) is 4.22. The van der Waals surface area contributed by atoms with Crippen molar-refractivity contribution in [2.75, 3.05) is 7.05 Å². The second kappa shape index (κ2) is 5.15. The molecule has 2 nitrogen and oxygen atoms in total. The lowest BCUT2D eigenvalue weighted by Gasteiger charge is -2.24. The molecule has 0 bridgehead atoms. The lowest BCUT2D eigenvalue weighted by Crippen LogP contribution is -2.21. The van der Waals surface area contributed by atoms with E-state index in [2.05, 4.69) is 11.8 Å². The van der Waals surface area contributed by atoms with Gasteiger partial charge in [-0.15, -0.1) is 0 Å². The van der Waals surface area contributed by atoms with E-state index in [-0.39, 0.29) is 11.9 Å². The number of halogens is 1. The molecule has 3 heteroatoms. The van der Waals surface area contributed by atoms with E-state index in [4.69, 9.17) is 4.42 Å². The molecule has 17 heavy (non-hydrogen) atoms. The highest BCUT2D eigenvalue weighted by Crippen LogP contribution is 2.20. The van der Waals surface area contributed by atoms with Crippen LogP contribution >= 0.6 is 0 Å².